The predicted molar refractivity (Wildman–Crippen MR) is 109 cm³/mol. The van der Waals surface area contributed by atoms with E-state index in [1.807, 2.05) is 11.8 Å². The number of likely N-dealkylation sites (tertiary alicyclic amines) is 1. The molecule has 1 saturated heterocycles. The summed E-state index contributed by atoms with van der Waals surface area (Å²) >= 11 is 0. The van der Waals surface area contributed by atoms with Crippen LogP contribution in [0.15, 0.2) is 48.2 Å². The van der Waals surface area contributed by atoms with E-state index in [9.17, 15) is 18.4 Å². The highest BCUT2D eigenvalue weighted by molar-refractivity contribution is 6.45. The summed E-state index contributed by atoms with van der Waals surface area (Å²) in [5.74, 6) is -2.53. The number of benzene rings is 2. The van der Waals surface area contributed by atoms with Crippen LogP contribution in [0.2, 0.25) is 0 Å². The minimum absolute atomic E-state index is 0.0125. The summed E-state index contributed by atoms with van der Waals surface area (Å²) in [4.78, 5) is 29.4. The standard InChI is InChI=1S/C23H22F2N2O3/c1-2-13-30-17-8-5-15(6-9-17)20-21(26-11-3-4-12-26)23(29)27(22(20)28)16-7-10-18(24)19(25)14-16/h5-10,14H,2-4,11-13H2,1H3. The van der Waals surface area contributed by atoms with Crippen molar-refractivity contribution in [2.75, 3.05) is 24.6 Å². The fourth-order valence-electron chi connectivity index (χ4n) is 3.81. The van der Waals surface area contributed by atoms with E-state index in [-0.39, 0.29) is 11.3 Å². The average Bonchev–Trinajstić information content (AvgIpc) is 3.35. The second-order valence-electron chi connectivity index (χ2n) is 7.33. The smallest absolute Gasteiger partial charge is 0.282 e. The lowest BCUT2D eigenvalue weighted by atomic mass is 10.0. The van der Waals surface area contributed by atoms with Crippen molar-refractivity contribution in [2.45, 2.75) is 26.2 Å². The van der Waals surface area contributed by atoms with Crippen LogP contribution in [0.3, 0.4) is 0 Å². The molecule has 30 heavy (non-hydrogen) atoms. The lowest BCUT2D eigenvalue weighted by molar-refractivity contribution is -0.120. The lowest BCUT2D eigenvalue weighted by Crippen LogP contribution is -2.34. The molecule has 4 rings (SSSR count). The predicted octanol–water partition coefficient (Wildman–Crippen LogP) is 4.13. The van der Waals surface area contributed by atoms with Crippen LogP contribution in [-0.4, -0.2) is 36.4 Å². The number of rotatable bonds is 6. The molecule has 2 aromatic carbocycles. The van der Waals surface area contributed by atoms with E-state index in [0.29, 0.717) is 36.7 Å². The number of halogens is 2. The van der Waals surface area contributed by atoms with E-state index >= 15 is 0 Å². The number of carbonyl (C=O) groups is 2. The Morgan fingerprint density at radius 2 is 1.63 bits per heavy atom. The molecular weight excluding hydrogens is 390 g/mol. The molecular formula is C23H22F2N2O3. The number of carbonyl (C=O) groups excluding carboxylic acids is 2. The molecule has 2 aromatic rings. The lowest BCUT2D eigenvalue weighted by Gasteiger charge is -2.20. The first kappa shape index (κ1) is 20.1. The minimum atomic E-state index is -1.11. The Hall–Kier alpha value is -3.22. The van der Waals surface area contributed by atoms with E-state index in [4.69, 9.17) is 4.74 Å². The molecule has 0 unspecified atom stereocenters. The zero-order chi connectivity index (χ0) is 21.3. The Balaban J connectivity index is 1.75. The summed E-state index contributed by atoms with van der Waals surface area (Å²) in [5, 5.41) is 0. The number of ether oxygens (including phenoxy) is 1. The number of amides is 2. The maximum Gasteiger partial charge on any atom is 0.282 e. The van der Waals surface area contributed by atoms with Gasteiger partial charge in [-0.25, -0.2) is 13.7 Å². The van der Waals surface area contributed by atoms with Gasteiger partial charge in [0.05, 0.1) is 17.9 Å². The fraction of sp³-hybridized carbons (Fsp3) is 0.304. The van der Waals surface area contributed by atoms with Gasteiger partial charge >= 0.3 is 0 Å². The second-order valence-corrected chi connectivity index (χ2v) is 7.33. The number of anilines is 1. The SMILES string of the molecule is CCCOc1ccc(C2=C(N3CCCC3)C(=O)N(c3ccc(F)c(F)c3)C2=O)cc1. The number of imide groups is 1. The minimum Gasteiger partial charge on any atom is -0.494 e. The maximum atomic E-state index is 13.8. The van der Waals surface area contributed by atoms with Crippen LogP contribution in [0.1, 0.15) is 31.7 Å². The molecule has 0 atom stereocenters. The van der Waals surface area contributed by atoms with Gasteiger partial charge < -0.3 is 9.64 Å². The molecule has 2 heterocycles. The Bertz CT molecular complexity index is 1010. The molecule has 2 aliphatic rings. The zero-order valence-corrected chi connectivity index (χ0v) is 16.7. The molecule has 1 fully saturated rings. The van der Waals surface area contributed by atoms with Crippen molar-refractivity contribution >= 4 is 23.1 Å². The van der Waals surface area contributed by atoms with Gasteiger partial charge in [-0.2, -0.15) is 0 Å². The van der Waals surface area contributed by atoms with Crippen molar-refractivity contribution in [3.63, 3.8) is 0 Å². The van der Waals surface area contributed by atoms with Gasteiger partial charge in [-0.1, -0.05) is 19.1 Å². The summed E-state index contributed by atoms with van der Waals surface area (Å²) in [6.07, 6.45) is 2.72. The molecule has 0 aromatic heterocycles. The van der Waals surface area contributed by atoms with E-state index in [2.05, 4.69) is 0 Å². The van der Waals surface area contributed by atoms with E-state index in [1.165, 1.54) is 6.07 Å². The number of hydrogen-bond acceptors (Lipinski definition) is 4. The van der Waals surface area contributed by atoms with Crippen molar-refractivity contribution in [3.8, 4) is 5.75 Å². The van der Waals surface area contributed by atoms with Crippen molar-refractivity contribution in [1.82, 2.24) is 4.90 Å². The third-order valence-corrected chi connectivity index (χ3v) is 5.26. The van der Waals surface area contributed by atoms with Crippen molar-refractivity contribution < 1.29 is 23.1 Å². The summed E-state index contributed by atoms with van der Waals surface area (Å²) in [7, 11) is 0. The van der Waals surface area contributed by atoms with Gasteiger partial charge in [0.15, 0.2) is 11.6 Å². The van der Waals surface area contributed by atoms with E-state index in [0.717, 1.165) is 36.3 Å². The molecule has 5 nitrogen and oxygen atoms in total. The molecule has 2 aliphatic heterocycles. The third kappa shape index (κ3) is 3.56. The van der Waals surface area contributed by atoms with Crippen LogP contribution >= 0.6 is 0 Å². The summed E-state index contributed by atoms with van der Waals surface area (Å²) < 4.78 is 32.8. The first-order chi connectivity index (χ1) is 14.5. The van der Waals surface area contributed by atoms with Crippen LogP contribution < -0.4 is 9.64 Å². The second kappa shape index (κ2) is 8.26. The Morgan fingerprint density at radius 3 is 2.27 bits per heavy atom. The number of hydrogen-bond donors (Lipinski definition) is 0. The fourth-order valence-corrected chi connectivity index (χ4v) is 3.81. The molecule has 0 spiro atoms. The quantitative estimate of drug-likeness (QED) is 0.670. The van der Waals surface area contributed by atoms with Gasteiger partial charge in [-0.05, 0) is 49.1 Å². The normalized spacial score (nSPS) is 16.8. The third-order valence-electron chi connectivity index (χ3n) is 5.26. The van der Waals surface area contributed by atoms with Crippen molar-refractivity contribution in [3.05, 3.63) is 65.4 Å². The van der Waals surface area contributed by atoms with Crippen LogP contribution in [0.5, 0.6) is 5.75 Å². The monoisotopic (exact) mass is 412 g/mol. The highest BCUT2D eigenvalue weighted by Gasteiger charge is 2.43. The highest BCUT2D eigenvalue weighted by Crippen LogP contribution is 2.36. The van der Waals surface area contributed by atoms with Crippen molar-refractivity contribution in [2.24, 2.45) is 0 Å². The topological polar surface area (TPSA) is 49.9 Å². The van der Waals surface area contributed by atoms with Crippen LogP contribution in [0.25, 0.3) is 5.57 Å². The van der Waals surface area contributed by atoms with Gasteiger partial charge in [-0.15, -0.1) is 0 Å². The summed E-state index contributed by atoms with van der Waals surface area (Å²) in [5.41, 5.74) is 1.18. The molecule has 0 bridgehead atoms. The van der Waals surface area contributed by atoms with Crippen molar-refractivity contribution in [1.29, 1.82) is 0 Å². The maximum absolute atomic E-state index is 13.8. The molecule has 0 radical (unpaired) electrons. The van der Waals surface area contributed by atoms with E-state index in [1.54, 1.807) is 24.3 Å². The van der Waals surface area contributed by atoms with Gasteiger partial charge in [0, 0.05) is 19.2 Å². The van der Waals surface area contributed by atoms with Crippen LogP contribution in [-0.2, 0) is 9.59 Å². The Labute approximate surface area is 173 Å². The Kier molecular flexibility index (Phi) is 5.53. The first-order valence-corrected chi connectivity index (χ1v) is 10.1. The zero-order valence-electron chi connectivity index (χ0n) is 16.7. The highest BCUT2D eigenvalue weighted by atomic mass is 19.2. The first-order valence-electron chi connectivity index (χ1n) is 10.1. The molecule has 7 heteroatoms. The molecule has 0 N–H and O–H groups in total. The average molecular weight is 412 g/mol. The van der Waals surface area contributed by atoms with Gasteiger partial charge in [-0.3, -0.25) is 9.59 Å². The molecule has 0 saturated carbocycles. The largest absolute Gasteiger partial charge is 0.494 e. The molecule has 0 aliphatic carbocycles. The van der Waals surface area contributed by atoms with Gasteiger partial charge in [0.1, 0.15) is 11.4 Å². The Morgan fingerprint density at radius 1 is 0.933 bits per heavy atom. The van der Waals surface area contributed by atoms with Gasteiger partial charge in [0.2, 0.25) is 0 Å². The van der Waals surface area contributed by atoms with Gasteiger partial charge in [0.25, 0.3) is 11.8 Å². The van der Waals surface area contributed by atoms with E-state index < -0.39 is 23.4 Å². The summed E-state index contributed by atoms with van der Waals surface area (Å²) in [6, 6.07) is 10.0. The van der Waals surface area contributed by atoms with Crippen LogP contribution in [0.4, 0.5) is 14.5 Å². The molecule has 156 valence electrons. The number of nitrogens with zero attached hydrogens (tertiary/aromatic N) is 2. The molecule has 2 amide bonds. The van der Waals surface area contributed by atoms with Crippen LogP contribution in [0, 0.1) is 11.6 Å². The summed E-state index contributed by atoms with van der Waals surface area (Å²) in [6.45, 7) is 3.93.